The van der Waals surface area contributed by atoms with Gasteiger partial charge in [-0.15, -0.1) is 0 Å². The fourth-order valence-corrected chi connectivity index (χ4v) is 3.07. The van der Waals surface area contributed by atoms with Gasteiger partial charge in [0.05, 0.1) is 6.61 Å². The van der Waals surface area contributed by atoms with E-state index in [1.807, 2.05) is 39.8 Å². The summed E-state index contributed by atoms with van der Waals surface area (Å²) in [6, 6.07) is 6.04. The minimum Gasteiger partial charge on any atom is -0.493 e. The second-order valence-electron chi connectivity index (χ2n) is 7.13. The third-order valence-corrected chi connectivity index (χ3v) is 4.37. The molecule has 1 aliphatic rings. The van der Waals surface area contributed by atoms with Crippen LogP contribution in [0.15, 0.2) is 22.7 Å². The van der Waals surface area contributed by atoms with Crippen molar-refractivity contribution in [3.63, 3.8) is 0 Å². The van der Waals surface area contributed by atoms with Crippen molar-refractivity contribution in [2.24, 2.45) is 5.92 Å². The number of likely N-dealkylation sites (tertiary alicyclic amines) is 1. The number of rotatable bonds is 3. The summed E-state index contributed by atoms with van der Waals surface area (Å²) in [6.07, 6.45) is 1.70. The summed E-state index contributed by atoms with van der Waals surface area (Å²) in [4.78, 5) is 13.8. The van der Waals surface area contributed by atoms with Crippen LogP contribution >= 0.6 is 15.9 Å². The van der Waals surface area contributed by atoms with Crippen LogP contribution in [0, 0.1) is 12.8 Å². The summed E-state index contributed by atoms with van der Waals surface area (Å²) in [5, 5.41) is 0. The van der Waals surface area contributed by atoms with Crippen LogP contribution in [0.25, 0.3) is 0 Å². The first-order chi connectivity index (χ1) is 10.7. The molecule has 2 rings (SSSR count). The Morgan fingerprint density at radius 1 is 1.30 bits per heavy atom. The third kappa shape index (κ3) is 5.72. The van der Waals surface area contributed by atoms with Gasteiger partial charge in [0.1, 0.15) is 11.4 Å². The zero-order chi connectivity index (χ0) is 17.0. The van der Waals surface area contributed by atoms with Gasteiger partial charge in [0, 0.05) is 17.6 Å². The summed E-state index contributed by atoms with van der Waals surface area (Å²) in [5.74, 6) is 1.42. The van der Waals surface area contributed by atoms with Gasteiger partial charge in [-0.2, -0.15) is 0 Å². The van der Waals surface area contributed by atoms with Crippen molar-refractivity contribution in [2.75, 3.05) is 19.7 Å². The number of ether oxygens (including phenoxy) is 2. The van der Waals surface area contributed by atoms with E-state index in [-0.39, 0.29) is 6.09 Å². The average Bonchev–Trinajstić information content (AvgIpc) is 2.45. The molecule has 0 unspecified atom stereocenters. The fraction of sp³-hybridized carbons (Fsp3) is 0.611. The van der Waals surface area contributed by atoms with Crippen molar-refractivity contribution in [3.05, 3.63) is 28.2 Å². The maximum atomic E-state index is 12.0. The molecule has 0 saturated carbocycles. The number of aryl methyl sites for hydroxylation is 1. The zero-order valence-electron chi connectivity index (χ0n) is 14.4. The predicted molar refractivity (Wildman–Crippen MR) is 94.9 cm³/mol. The Hall–Kier alpha value is -1.23. The molecule has 1 amide bonds. The lowest BCUT2D eigenvalue weighted by molar-refractivity contribution is 0.0165. The summed E-state index contributed by atoms with van der Waals surface area (Å²) < 4.78 is 12.4. The Balaban J connectivity index is 1.77. The van der Waals surface area contributed by atoms with E-state index in [0.29, 0.717) is 12.5 Å². The van der Waals surface area contributed by atoms with Crippen LogP contribution in [0.3, 0.4) is 0 Å². The van der Waals surface area contributed by atoms with Crippen molar-refractivity contribution in [1.82, 2.24) is 4.90 Å². The second-order valence-corrected chi connectivity index (χ2v) is 8.05. The number of halogens is 1. The molecule has 23 heavy (non-hydrogen) atoms. The maximum Gasteiger partial charge on any atom is 0.410 e. The molecular weight excluding hydrogens is 358 g/mol. The standard InChI is InChI=1S/C18H26BrNO3/c1-13-11-15(19)5-6-16(13)22-12-14-7-9-20(10-8-14)17(21)23-18(2,3)4/h5-6,11,14H,7-10,12H2,1-4H3. The predicted octanol–water partition coefficient (Wildman–Crippen LogP) is 4.78. The van der Waals surface area contributed by atoms with Gasteiger partial charge < -0.3 is 14.4 Å². The molecule has 0 aromatic heterocycles. The van der Waals surface area contributed by atoms with Crippen LogP contribution in [0.5, 0.6) is 5.75 Å². The zero-order valence-corrected chi connectivity index (χ0v) is 16.0. The molecule has 0 radical (unpaired) electrons. The highest BCUT2D eigenvalue weighted by Gasteiger charge is 2.27. The Morgan fingerprint density at radius 3 is 2.52 bits per heavy atom. The number of piperidine rings is 1. The Labute approximate surface area is 147 Å². The third-order valence-electron chi connectivity index (χ3n) is 3.88. The number of hydrogen-bond donors (Lipinski definition) is 0. The lowest BCUT2D eigenvalue weighted by Gasteiger charge is -2.33. The molecule has 0 spiro atoms. The minimum absolute atomic E-state index is 0.208. The van der Waals surface area contributed by atoms with Crippen LogP contribution in [-0.2, 0) is 4.74 Å². The van der Waals surface area contributed by atoms with Gasteiger partial charge in [0.15, 0.2) is 0 Å². The second kappa shape index (κ2) is 7.56. The molecule has 1 aromatic rings. The molecule has 5 heteroatoms. The van der Waals surface area contributed by atoms with Crippen LogP contribution in [0.1, 0.15) is 39.2 Å². The maximum absolute atomic E-state index is 12.0. The Bertz CT molecular complexity index is 546. The number of benzene rings is 1. The lowest BCUT2D eigenvalue weighted by Crippen LogP contribution is -2.42. The highest BCUT2D eigenvalue weighted by molar-refractivity contribution is 9.10. The van der Waals surface area contributed by atoms with Crippen LogP contribution < -0.4 is 4.74 Å². The topological polar surface area (TPSA) is 38.8 Å². The monoisotopic (exact) mass is 383 g/mol. The van der Waals surface area contributed by atoms with Crippen LogP contribution in [0.4, 0.5) is 4.79 Å². The van der Waals surface area contributed by atoms with Crippen molar-refractivity contribution in [1.29, 1.82) is 0 Å². The highest BCUT2D eigenvalue weighted by Crippen LogP contribution is 2.25. The molecule has 1 saturated heterocycles. The van der Waals surface area contributed by atoms with Gasteiger partial charge >= 0.3 is 6.09 Å². The van der Waals surface area contributed by atoms with Crippen LogP contribution in [-0.4, -0.2) is 36.3 Å². The SMILES string of the molecule is Cc1cc(Br)ccc1OCC1CCN(C(=O)OC(C)(C)C)CC1. The number of nitrogens with zero attached hydrogens (tertiary/aromatic N) is 1. The molecule has 1 aromatic carbocycles. The summed E-state index contributed by atoms with van der Waals surface area (Å²) in [6.45, 7) is 9.91. The first-order valence-electron chi connectivity index (χ1n) is 8.11. The lowest BCUT2D eigenvalue weighted by atomic mass is 9.98. The molecule has 0 bridgehead atoms. The number of carbonyl (C=O) groups is 1. The molecule has 0 aliphatic carbocycles. The Morgan fingerprint density at radius 2 is 1.96 bits per heavy atom. The molecule has 1 fully saturated rings. The summed E-state index contributed by atoms with van der Waals surface area (Å²) in [7, 11) is 0. The Kier molecular flexibility index (Phi) is 5.95. The molecule has 0 atom stereocenters. The smallest absolute Gasteiger partial charge is 0.410 e. The van der Waals surface area contributed by atoms with E-state index in [2.05, 4.69) is 22.0 Å². The molecule has 1 aliphatic heterocycles. The quantitative estimate of drug-likeness (QED) is 0.753. The molecular formula is C18H26BrNO3. The van der Waals surface area contributed by atoms with Gasteiger partial charge in [0.2, 0.25) is 0 Å². The molecule has 1 heterocycles. The molecule has 0 N–H and O–H groups in total. The summed E-state index contributed by atoms with van der Waals surface area (Å²) >= 11 is 3.46. The molecule has 128 valence electrons. The van der Waals surface area contributed by atoms with Crippen molar-refractivity contribution >= 4 is 22.0 Å². The largest absolute Gasteiger partial charge is 0.493 e. The first-order valence-corrected chi connectivity index (χ1v) is 8.91. The van der Waals surface area contributed by atoms with E-state index < -0.39 is 5.60 Å². The number of amides is 1. The minimum atomic E-state index is -0.434. The normalized spacial score (nSPS) is 16.3. The highest BCUT2D eigenvalue weighted by atomic mass is 79.9. The van der Waals surface area contributed by atoms with Gasteiger partial charge in [-0.1, -0.05) is 15.9 Å². The van der Waals surface area contributed by atoms with E-state index in [0.717, 1.165) is 41.7 Å². The summed E-state index contributed by atoms with van der Waals surface area (Å²) in [5.41, 5.74) is 0.696. The first kappa shape index (κ1) is 18.1. The van der Waals surface area contributed by atoms with Gasteiger partial charge in [-0.3, -0.25) is 0 Å². The van der Waals surface area contributed by atoms with Crippen LogP contribution in [0.2, 0.25) is 0 Å². The number of hydrogen-bond acceptors (Lipinski definition) is 3. The number of carbonyl (C=O) groups excluding carboxylic acids is 1. The van der Waals surface area contributed by atoms with Crippen molar-refractivity contribution < 1.29 is 14.3 Å². The fourth-order valence-electron chi connectivity index (χ4n) is 2.59. The van der Waals surface area contributed by atoms with E-state index >= 15 is 0 Å². The van der Waals surface area contributed by atoms with Gasteiger partial charge in [-0.25, -0.2) is 4.79 Å². The van der Waals surface area contributed by atoms with Gasteiger partial charge in [0.25, 0.3) is 0 Å². The molecule has 4 nitrogen and oxygen atoms in total. The van der Waals surface area contributed by atoms with Crippen molar-refractivity contribution in [2.45, 2.75) is 46.1 Å². The average molecular weight is 384 g/mol. The van der Waals surface area contributed by atoms with E-state index in [4.69, 9.17) is 9.47 Å². The van der Waals surface area contributed by atoms with E-state index in [1.165, 1.54) is 0 Å². The van der Waals surface area contributed by atoms with Crippen molar-refractivity contribution in [3.8, 4) is 5.75 Å². The van der Waals surface area contributed by atoms with Gasteiger partial charge in [-0.05, 0) is 70.2 Å². The van der Waals surface area contributed by atoms with E-state index in [9.17, 15) is 4.79 Å². The van der Waals surface area contributed by atoms with E-state index in [1.54, 1.807) is 4.90 Å².